The topological polar surface area (TPSA) is 9.23 Å². The maximum Gasteiger partial charge on any atom is 0.191 e. The standard InChI is InChI=1S/C16H15ClF2O/c1-10-3-4-11(2)13(5-10)9-20-16-14(18)6-12(8-17)7-15(16)19/h3-7H,8-9H2,1-2H3. The molecule has 0 aliphatic carbocycles. The zero-order valence-electron chi connectivity index (χ0n) is 11.3. The van der Waals surface area contributed by atoms with Crippen LogP contribution in [0.3, 0.4) is 0 Å². The van der Waals surface area contributed by atoms with Crippen LogP contribution in [0.25, 0.3) is 0 Å². The average Bonchev–Trinajstić information content (AvgIpc) is 2.41. The second kappa shape index (κ2) is 6.23. The molecule has 20 heavy (non-hydrogen) atoms. The van der Waals surface area contributed by atoms with E-state index in [4.69, 9.17) is 16.3 Å². The molecule has 0 radical (unpaired) electrons. The van der Waals surface area contributed by atoms with Crippen molar-refractivity contribution in [3.05, 3.63) is 64.2 Å². The molecule has 0 saturated carbocycles. The number of benzene rings is 2. The van der Waals surface area contributed by atoms with Crippen molar-refractivity contribution in [2.24, 2.45) is 0 Å². The summed E-state index contributed by atoms with van der Waals surface area (Å²) in [5.41, 5.74) is 3.40. The Balaban J connectivity index is 2.21. The van der Waals surface area contributed by atoms with Crippen molar-refractivity contribution >= 4 is 11.6 Å². The van der Waals surface area contributed by atoms with E-state index in [9.17, 15) is 8.78 Å². The second-order valence-electron chi connectivity index (χ2n) is 4.74. The summed E-state index contributed by atoms with van der Waals surface area (Å²) in [5, 5.41) is 0. The monoisotopic (exact) mass is 296 g/mol. The van der Waals surface area contributed by atoms with Gasteiger partial charge in [0.15, 0.2) is 17.4 Å². The molecule has 2 aromatic rings. The molecule has 0 bridgehead atoms. The van der Waals surface area contributed by atoms with Gasteiger partial charge in [0.2, 0.25) is 0 Å². The molecule has 4 heteroatoms. The number of alkyl halides is 1. The van der Waals surface area contributed by atoms with Gasteiger partial charge in [-0.15, -0.1) is 11.6 Å². The van der Waals surface area contributed by atoms with Crippen LogP contribution < -0.4 is 4.74 Å². The van der Waals surface area contributed by atoms with E-state index in [1.165, 1.54) is 12.1 Å². The molecule has 0 heterocycles. The maximum absolute atomic E-state index is 13.8. The zero-order valence-corrected chi connectivity index (χ0v) is 12.1. The van der Waals surface area contributed by atoms with Gasteiger partial charge >= 0.3 is 0 Å². The van der Waals surface area contributed by atoms with Crippen LogP contribution in [0.1, 0.15) is 22.3 Å². The Morgan fingerprint density at radius 2 is 1.70 bits per heavy atom. The van der Waals surface area contributed by atoms with Gasteiger partial charge in [-0.2, -0.15) is 0 Å². The quantitative estimate of drug-likeness (QED) is 0.729. The summed E-state index contributed by atoms with van der Waals surface area (Å²) in [6.45, 7) is 4.02. The Kier molecular flexibility index (Phi) is 4.61. The first-order valence-corrected chi connectivity index (χ1v) is 6.77. The van der Waals surface area contributed by atoms with Gasteiger partial charge in [-0.05, 0) is 42.7 Å². The number of hydrogen-bond acceptors (Lipinski definition) is 1. The highest BCUT2D eigenvalue weighted by molar-refractivity contribution is 6.17. The van der Waals surface area contributed by atoms with Gasteiger partial charge in [0.1, 0.15) is 6.61 Å². The average molecular weight is 297 g/mol. The number of hydrogen-bond donors (Lipinski definition) is 0. The Labute approximate surface area is 122 Å². The Morgan fingerprint density at radius 1 is 1.05 bits per heavy atom. The molecule has 0 N–H and O–H groups in total. The molecule has 0 amide bonds. The molecule has 106 valence electrons. The minimum Gasteiger partial charge on any atom is -0.483 e. The van der Waals surface area contributed by atoms with Gasteiger partial charge in [0.05, 0.1) is 0 Å². The van der Waals surface area contributed by atoms with E-state index in [1.807, 2.05) is 32.0 Å². The maximum atomic E-state index is 13.8. The fraction of sp³-hybridized carbons (Fsp3) is 0.250. The third kappa shape index (κ3) is 3.28. The summed E-state index contributed by atoms with van der Waals surface area (Å²) in [6, 6.07) is 8.26. The first kappa shape index (κ1) is 14.8. The third-order valence-corrected chi connectivity index (χ3v) is 3.40. The van der Waals surface area contributed by atoms with Crippen LogP contribution in [-0.4, -0.2) is 0 Å². The molecular weight excluding hydrogens is 282 g/mol. The molecule has 0 atom stereocenters. The van der Waals surface area contributed by atoms with Gasteiger partial charge in [0.25, 0.3) is 0 Å². The van der Waals surface area contributed by atoms with Crippen LogP contribution >= 0.6 is 11.6 Å². The lowest BCUT2D eigenvalue weighted by Gasteiger charge is -2.11. The molecule has 0 aromatic heterocycles. The number of halogens is 3. The highest BCUT2D eigenvalue weighted by atomic mass is 35.5. The van der Waals surface area contributed by atoms with Crippen molar-refractivity contribution in [1.82, 2.24) is 0 Å². The zero-order chi connectivity index (χ0) is 14.7. The van der Waals surface area contributed by atoms with E-state index >= 15 is 0 Å². The molecule has 0 aliphatic heterocycles. The number of ether oxygens (including phenoxy) is 1. The van der Waals surface area contributed by atoms with Crippen molar-refractivity contribution in [3.63, 3.8) is 0 Å². The van der Waals surface area contributed by atoms with Gasteiger partial charge in [-0.25, -0.2) is 8.78 Å². The van der Waals surface area contributed by atoms with E-state index in [1.54, 1.807) is 0 Å². The third-order valence-electron chi connectivity index (χ3n) is 3.09. The van der Waals surface area contributed by atoms with Gasteiger partial charge in [0, 0.05) is 5.88 Å². The van der Waals surface area contributed by atoms with Gasteiger partial charge in [-0.3, -0.25) is 0 Å². The SMILES string of the molecule is Cc1ccc(C)c(COc2c(F)cc(CCl)cc2F)c1. The van der Waals surface area contributed by atoms with E-state index in [0.717, 1.165) is 16.7 Å². The van der Waals surface area contributed by atoms with Crippen molar-refractivity contribution < 1.29 is 13.5 Å². The van der Waals surface area contributed by atoms with Crippen molar-refractivity contribution in [1.29, 1.82) is 0 Å². The lowest BCUT2D eigenvalue weighted by molar-refractivity contribution is 0.273. The van der Waals surface area contributed by atoms with E-state index in [2.05, 4.69) is 0 Å². The van der Waals surface area contributed by atoms with Crippen LogP contribution in [-0.2, 0) is 12.5 Å². The van der Waals surface area contributed by atoms with E-state index in [-0.39, 0.29) is 18.2 Å². The van der Waals surface area contributed by atoms with Crippen LogP contribution in [0.5, 0.6) is 5.75 Å². The number of aryl methyl sites for hydroxylation is 2. The van der Waals surface area contributed by atoms with Crippen molar-refractivity contribution in [3.8, 4) is 5.75 Å². The molecule has 1 nitrogen and oxygen atoms in total. The summed E-state index contributed by atoms with van der Waals surface area (Å²) in [6.07, 6.45) is 0. The highest BCUT2D eigenvalue weighted by Gasteiger charge is 2.13. The second-order valence-corrected chi connectivity index (χ2v) is 5.01. The molecule has 0 fully saturated rings. The molecule has 0 spiro atoms. The molecule has 0 saturated heterocycles. The summed E-state index contributed by atoms with van der Waals surface area (Å²) >= 11 is 5.56. The minimum absolute atomic E-state index is 0.0606. The van der Waals surface area contributed by atoms with Gasteiger partial charge < -0.3 is 4.74 Å². The van der Waals surface area contributed by atoms with Crippen LogP contribution in [0.15, 0.2) is 30.3 Å². The normalized spacial score (nSPS) is 10.7. The predicted molar refractivity (Wildman–Crippen MR) is 76.2 cm³/mol. The fourth-order valence-corrected chi connectivity index (χ4v) is 2.09. The lowest BCUT2D eigenvalue weighted by Crippen LogP contribution is -2.02. The first-order chi connectivity index (χ1) is 9.51. The van der Waals surface area contributed by atoms with Gasteiger partial charge in [-0.1, -0.05) is 23.8 Å². The van der Waals surface area contributed by atoms with E-state index in [0.29, 0.717) is 5.56 Å². The molecule has 2 rings (SSSR count). The Bertz CT molecular complexity index is 603. The van der Waals surface area contributed by atoms with Crippen LogP contribution in [0.4, 0.5) is 8.78 Å². The molecule has 0 unspecified atom stereocenters. The molecular formula is C16H15ClF2O. The van der Waals surface area contributed by atoms with Crippen molar-refractivity contribution in [2.45, 2.75) is 26.3 Å². The summed E-state index contributed by atoms with van der Waals surface area (Å²) in [7, 11) is 0. The fourth-order valence-electron chi connectivity index (χ4n) is 1.93. The lowest BCUT2D eigenvalue weighted by atomic mass is 10.1. The highest BCUT2D eigenvalue weighted by Crippen LogP contribution is 2.25. The first-order valence-electron chi connectivity index (χ1n) is 6.24. The summed E-state index contributed by atoms with van der Waals surface area (Å²) in [4.78, 5) is 0. The molecule has 0 aliphatic rings. The van der Waals surface area contributed by atoms with E-state index < -0.39 is 11.6 Å². The van der Waals surface area contributed by atoms with Crippen LogP contribution in [0.2, 0.25) is 0 Å². The predicted octanol–water partition coefficient (Wildman–Crippen LogP) is 4.90. The summed E-state index contributed by atoms with van der Waals surface area (Å²) in [5.74, 6) is -1.76. The largest absolute Gasteiger partial charge is 0.483 e. The van der Waals surface area contributed by atoms with Crippen molar-refractivity contribution in [2.75, 3.05) is 0 Å². The smallest absolute Gasteiger partial charge is 0.191 e. The summed E-state index contributed by atoms with van der Waals surface area (Å²) < 4.78 is 32.8. The number of rotatable bonds is 4. The molecule has 2 aromatic carbocycles. The minimum atomic E-state index is -0.731. The van der Waals surface area contributed by atoms with Crippen LogP contribution in [0, 0.1) is 25.5 Å². The Hall–Kier alpha value is -1.61. The Morgan fingerprint density at radius 3 is 2.30 bits per heavy atom.